The topological polar surface area (TPSA) is 26.0 Å². The van der Waals surface area contributed by atoms with Gasteiger partial charge in [-0.2, -0.15) is 0 Å². The highest BCUT2D eigenvalue weighted by atomic mass is 14.5. The van der Waals surface area contributed by atoms with E-state index in [0.717, 1.165) is 12.8 Å². The average Bonchev–Trinajstić information content (AvgIpc) is 2.19. The molecule has 1 rings (SSSR count). The molecule has 0 unspecified atom stereocenters. The van der Waals surface area contributed by atoms with E-state index in [1.807, 2.05) is 0 Å². The van der Waals surface area contributed by atoms with Crippen LogP contribution in [0.4, 0.5) is 0 Å². The fraction of sp³-hybridized carbons (Fsp3) is 0.538. The minimum Gasteiger partial charge on any atom is -0.326 e. The van der Waals surface area contributed by atoms with Crippen LogP contribution in [0.3, 0.4) is 0 Å². The lowest BCUT2D eigenvalue weighted by molar-refractivity contribution is 0.853. The molecule has 14 heavy (non-hydrogen) atoms. The van der Waals surface area contributed by atoms with Crippen LogP contribution < -0.4 is 5.73 Å². The Morgan fingerprint density at radius 3 is 1.86 bits per heavy atom. The van der Waals surface area contributed by atoms with Gasteiger partial charge in [-0.25, -0.2) is 0 Å². The Labute approximate surface area is 87.3 Å². The molecule has 2 N–H and O–H groups in total. The van der Waals surface area contributed by atoms with Crippen molar-refractivity contribution in [1.29, 1.82) is 0 Å². The molecule has 1 aromatic carbocycles. The molecule has 1 aromatic rings. The van der Waals surface area contributed by atoms with Crippen molar-refractivity contribution in [3.8, 4) is 0 Å². The molecule has 0 saturated carbocycles. The second kappa shape index (κ2) is 5.82. The van der Waals surface area contributed by atoms with Gasteiger partial charge in [0, 0.05) is 6.54 Å². The number of hydrogen-bond donors (Lipinski definition) is 1. The maximum absolute atomic E-state index is 5.81. The Morgan fingerprint density at radius 1 is 1.00 bits per heavy atom. The summed E-state index contributed by atoms with van der Waals surface area (Å²) in [5, 5.41) is 0. The van der Waals surface area contributed by atoms with Crippen molar-refractivity contribution >= 4 is 0 Å². The number of rotatable bonds is 5. The number of hydrogen-bond acceptors (Lipinski definition) is 1. The van der Waals surface area contributed by atoms with Gasteiger partial charge < -0.3 is 5.73 Å². The minimum atomic E-state index is 0.686. The highest BCUT2D eigenvalue weighted by molar-refractivity contribution is 5.35. The van der Waals surface area contributed by atoms with E-state index < -0.39 is 0 Å². The molecule has 0 aliphatic heterocycles. The van der Waals surface area contributed by atoms with Crippen LogP contribution in [0.2, 0.25) is 0 Å². The first-order valence-corrected chi connectivity index (χ1v) is 5.63. The Morgan fingerprint density at radius 2 is 1.50 bits per heavy atom. The molecule has 78 valence electrons. The van der Waals surface area contributed by atoms with Crippen LogP contribution >= 0.6 is 0 Å². The minimum absolute atomic E-state index is 0.686. The van der Waals surface area contributed by atoms with Crippen molar-refractivity contribution in [2.45, 2.75) is 46.1 Å². The highest BCUT2D eigenvalue weighted by Gasteiger charge is 2.04. The van der Waals surface area contributed by atoms with E-state index in [2.05, 4.69) is 32.0 Å². The van der Waals surface area contributed by atoms with Gasteiger partial charge in [0.1, 0.15) is 0 Å². The van der Waals surface area contributed by atoms with Crippen LogP contribution in [0.15, 0.2) is 18.2 Å². The predicted octanol–water partition coefficient (Wildman–Crippen LogP) is 3.05. The standard InChI is InChI=1S/C13H21N/c1-3-6-11-8-5-9-12(7-4-2)13(11)10-14/h5,8-9H,3-4,6-7,10,14H2,1-2H3. The van der Waals surface area contributed by atoms with Crippen LogP contribution in [0.25, 0.3) is 0 Å². The quantitative estimate of drug-likeness (QED) is 0.760. The SMILES string of the molecule is CCCc1cccc(CCC)c1CN. The van der Waals surface area contributed by atoms with E-state index in [4.69, 9.17) is 5.73 Å². The summed E-state index contributed by atoms with van der Waals surface area (Å²) in [5.74, 6) is 0. The van der Waals surface area contributed by atoms with E-state index in [-0.39, 0.29) is 0 Å². The lowest BCUT2D eigenvalue weighted by Crippen LogP contribution is -2.06. The highest BCUT2D eigenvalue weighted by Crippen LogP contribution is 2.17. The number of benzene rings is 1. The predicted molar refractivity (Wildman–Crippen MR) is 62.3 cm³/mol. The van der Waals surface area contributed by atoms with Gasteiger partial charge in [-0.1, -0.05) is 44.9 Å². The molecule has 0 heterocycles. The van der Waals surface area contributed by atoms with Crippen LogP contribution in [0, 0.1) is 0 Å². The van der Waals surface area contributed by atoms with Crippen molar-refractivity contribution in [3.05, 3.63) is 34.9 Å². The van der Waals surface area contributed by atoms with Crippen molar-refractivity contribution in [3.63, 3.8) is 0 Å². The Balaban J connectivity index is 2.98. The van der Waals surface area contributed by atoms with E-state index in [0.29, 0.717) is 6.54 Å². The Hall–Kier alpha value is -0.820. The fourth-order valence-electron chi connectivity index (χ4n) is 1.96. The van der Waals surface area contributed by atoms with E-state index in [9.17, 15) is 0 Å². The van der Waals surface area contributed by atoms with Crippen molar-refractivity contribution in [2.24, 2.45) is 5.73 Å². The van der Waals surface area contributed by atoms with Gasteiger partial charge in [0.25, 0.3) is 0 Å². The fourth-order valence-corrected chi connectivity index (χ4v) is 1.96. The third-order valence-corrected chi connectivity index (χ3v) is 2.61. The lowest BCUT2D eigenvalue weighted by Gasteiger charge is -2.12. The molecule has 0 aromatic heterocycles. The number of aryl methyl sites for hydroxylation is 2. The van der Waals surface area contributed by atoms with Crippen molar-refractivity contribution in [1.82, 2.24) is 0 Å². The first-order valence-electron chi connectivity index (χ1n) is 5.63. The lowest BCUT2D eigenvalue weighted by atomic mass is 9.95. The third kappa shape index (κ3) is 2.58. The van der Waals surface area contributed by atoms with Crippen LogP contribution in [0.1, 0.15) is 43.4 Å². The molecule has 0 aliphatic rings. The molecular formula is C13H21N. The molecule has 0 atom stereocenters. The first-order chi connectivity index (χ1) is 6.83. The van der Waals surface area contributed by atoms with Crippen LogP contribution in [-0.2, 0) is 19.4 Å². The van der Waals surface area contributed by atoms with E-state index >= 15 is 0 Å². The van der Waals surface area contributed by atoms with Gasteiger partial charge in [0.2, 0.25) is 0 Å². The van der Waals surface area contributed by atoms with Crippen LogP contribution in [-0.4, -0.2) is 0 Å². The van der Waals surface area contributed by atoms with E-state index in [1.54, 1.807) is 0 Å². The average molecular weight is 191 g/mol. The molecule has 0 radical (unpaired) electrons. The summed E-state index contributed by atoms with van der Waals surface area (Å²) in [6.07, 6.45) is 4.71. The molecule has 0 saturated heterocycles. The molecule has 1 heteroatoms. The van der Waals surface area contributed by atoms with Crippen molar-refractivity contribution < 1.29 is 0 Å². The molecule has 1 nitrogen and oxygen atoms in total. The third-order valence-electron chi connectivity index (χ3n) is 2.61. The summed E-state index contributed by atoms with van der Waals surface area (Å²) in [6, 6.07) is 6.59. The molecule has 0 bridgehead atoms. The summed E-state index contributed by atoms with van der Waals surface area (Å²) in [4.78, 5) is 0. The second-order valence-corrected chi connectivity index (χ2v) is 3.76. The molecule has 0 fully saturated rings. The normalized spacial score (nSPS) is 10.5. The summed E-state index contributed by atoms with van der Waals surface area (Å²) in [6.45, 7) is 5.12. The second-order valence-electron chi connectivity index (χ2n) is 3.76. The van der Waals surface area contributed by atoms with E-state index in [1.165, 1.54) is 29.5 Å². The van der Waals surface area contributed by atoms with Gasteiger partial charge >= 0.3 is 0 Å². The van der Waals surface area contributed by atoms with Crippen molar-refractivity contribution in [2.75, 3.05) is 0 Å². The maximum atomic E-state index is 5.81. The molecule has 0 aliphatic carbocycles. The largest absolute Gasteiger partial charge is 0.326 e. The molecule has 0 amide bonds. The molecule has 0 spiro atoms. The first kappa shape index (κ1) is 11.3. The van der Waals surface area contributed by atoms with Crippen LogP contribution in [0.5, 0.6) is 0 Å². The van der Waals surface area contributed by atoms with Gasteiger partial charge in [-0.15, -0.1) is 0 Å². The zero-order valence-electron chi connectivity index (χ0n) is 9.34. The number of nitrogens with two attached hydrogens (primary N) is 1. The summed E-state index contributed by atoms with van der Waals surface area (Å²) in [7, 11) is 0. The Kier molecular flexibility index (Phi) is 4.68. The Bertz CT molecular complexity index is 254. The summed E-state index contributed by atoms with van der Waals surface area (Å²) < 4.78 is 0. The van der Waals surface area contributed by atoms with Gasteiger partial charge in [0.05, 0.1) is 0 Å². The zero-order valence-corrected chi connectivity index (χ0v) is 9.34. The van der Waals surface area contributed by atoms with Gasteiger partial charge in [0.15, 0.2) is 0 Å². The smallest absolute Gasteiger partial charge is 0.0183 e. The van der Waals surface area contributed by atoms with Gasteiger partial charge in [-0.3, -0.25) is 0 Å². The molecular weight excluding hydrogens is 170 g/mol. The summed E-state index contributed by atoms with van der Waals surface area (Å²) >= 11 is 0. The van der Waals surface area contributed by atoms with Gasteiger partial charge in [-0.05, 0) is 29.5 Å². The maximum Gasteiger partial charge on any atom is 0.0183 e. The summed E-state index contributed by atoms with van der Waals surface area (Å²) in [5.41, 5.74) is 10.1. The monoisotopic (exact) mass is 191 g/mol. The zero-order chi connectivity index (χ0) is 10.4.